The van der Waals surface area contributed by atoms with Crippen molar-refractivity contribution in [1.29, 1.82) is 0 Å². The molecule has 1 aliphatic heterocycles. The Morgan fingerprint density at radius 1 is 1.17 bits per heavy atom. The van der Waals surface area contributed by atoms with E-state index in [1.165, 1.54) is 16.9 Å². The summed E-state index contributed by atoms with van der Waals surface area (Å²) in [7, 11) is 0. The van der Waals surface area contributed by atoms with Gasteiger partial charge in [0.05, 0.1) is 17.0 Å². The van der Waals surface area contributed by atoms with E-state index >= 15 is 0 Å². The van der Waals surface area contributed by atoms with Gasteiger partial charge in [0.1, 0.15) is 5.75 Å². The smallest absolute Gasteiger partial charge is 0.119 e. The summed E-state index contributed by atoms with van der Waals surface area (Å²) in [6.07, 6.45) is 1.17. The molecule has 1 N–H and O–H groups in total. The Kier molecular flexibility index (Phi) is 5.95. The topological polar surface area (TPSA) is 24.5 Å². The van der Waals surface area contributed by atoms with Gasteiger partial charge in [0, 0.05) is 24.5 Å². The molecule has 3 rings (SSSR count). The zero-order valence-electron chi connectivity index (χ0n) is 13.4. The Morgan fingerprint density at radius 3 is 2.70 bits per heavy atom. The number of ether oxygens (including phenoxy) is 1. The van der Waals surface area contributed by atoms with Crippen LogP contribution in [0.15, 0.2) is 36.4 Å². The maximum atomic E-state index is 6.20. The molecule has 124 valence electrons. The Balaban J connectivity index is 1.90. The molecular weight excluding hydrogens is 328 g/mol. The highest BCUT2D eigenvalue weighted by Gasteiger charge is 2.24. The number of rotatable bonds is 5. The first-order chi connectivity index (χ1) is 11.3. The van der Waals surface area contributed by atoms with Crippen LogP contribution in [0.3, 0.4) is 0 Å². The van der Waals surface area contributed by atoms with Crippen LogP contribution in [-0.2, 0) is 0 Å². The molecule has 0 aliphatic carbocycles. The summed E-state index contributed by atoms with van der Waals surface area (Å²) in [5, 5.41) is 3.48. The van der Waals surface area contributed by atoms with Crippen molar-refractivity contribution in [2.24, 2.45) is 0 Å². The summed E-state index contributed by atoms with van der Waals surface area (Å²) in [6, 6.07) is 12.9. The molecule has 0 amide bonds. The first-order valence-corrected chi connectivity index (χ1v) is 9.40. The number of hydrogen-bond acceptors (Lipinski definition) is 4. The zero-order valence-corrected chi connectivity index (χ0v) is 15.0. The third kappa shape index (κ3) is 4.27. The van der Waals surface area contributed by atoms with Gasteiger partial charge in [-0.05, 0) is 49.7 Å². The Bertz CT molecular complexity index is 606. The van der Waals surface area contributed by atoms with Crippen molar-refractivity contribution in [2.45, 2.75) is 19.4 Å². The van der Waals surface area contributed by atoms with Gasteiger partial charge in [-0.25, -0.2) is 0 Å². The van der Waals surface area contributed by atoms with Crippen LogP contribution in [0, 0.1) is 0 Å². The standard InChI is InChI=1S/C18H23ClN2OS/c1-2-22-15-6-4-14(5-7-15)18(16-8-9-17(19)23-16)21-12-3-10-20-11-13-21/h4-9,18,20H,2-3,10-13H2,1H3. The van der Waals surface area contributed by atoms with Gasteiger partial charge in [-0.3, -0.25) is 4.90 Å². The highest BCUT2D eigenvalue weighted by Crippen LogP contribution is 2.36. The molecule has 1 aliphatic rings. The summed E-state index contributed by atoms with van der Waals surface area (Å²) in [6.45, 7) is 6.98. The van der Waals surface area contributed by atoms with E-state index in [-0.39, 0.29) is 6.04 Å². The molecule has 0 radical (unpaired) electrons. The second-order valence-electron chi connectivity index (χ2n) is 5.69. The molecular formula is C18H23ClN2OS. The van der Waals surface area contributed by atoms with Crippen molar-refractivity contribution in [3.8, 4) is 5.75 Å². The van der Waals surface area contributed by atoms with Gasteiger partial charge in [0.15, 0.2) is 0 Å². The van der Waals surface area contributed by atoms with Crippen LogP contribution in [0.2, 0.25) is 4.34 Å². The SMILES string of the molecule is CCOc1ccc(C(c2ccc(Cl)s2)N2CCCNCC2)cc1. The van der Waals surface area contributed by atoms with Crippen molar-refractivity contribution >= 4 is 22.9 Å². The van der Waals surface area contributed by atoms with Crippen LogP contribution in [0.1, 0.15) is 29.8 Å². The van der Waals surface area contributed by atoms with Gasteiger partial charge in [0.25, 0.3) is 0 Å². The Labute approximate surface area is 147 Å². The first-order valence-electron chi connectivity index (χ1n) is 8.20. The number of thiophene rings is 1. The summed E-state index contributed by atoms with van der Waals surface area (Å²) in [5.74, 6) is 0.928. The Hall–Kier alpha value is -1.07. The maximum absolute atomic E-state index is 6.20. The van der Waals surface area contributed by atoms with Gasteiger partial charge in [-0.15, -0.1) is 11.3 Å². The average Bonchev–Trinajstić information content (AvgIpc) is 2.82. The quantitative estimate of drug-likeness (QED) is 0.875. The monoisotopic (exact) mass is 350 g/mol. The molecule has 1 atom stereocenters. The fourth-order valence-electron chi connectivity index (χ4n) is 3.07. The second kappa shape index (κ2) is 8.15. The summed E-state index contributed by atoms with van der Waals surface area (Å²) >= 11 is 7.87. The van der Waals surface area contributed by atoms with Gasteiger partial charge in [-0.1, -0.05) is 23.7 Å². The number of hydrogen-bond donors (Lipinski definition) is 1. The van der Waals surface area contributed by atoms with E-state index in [0.717, 1.165) is 36.3 Å². The number of benzene rings is 1. The minimum absolute atomic E-state index is 0.267. The molecule has 1 fully saturated rings. The normalized spacial score (nSPS) is 17.7. The minimum atomic E-state index is 0.267. The molecule has 5 heteroatoms. The van der Waals surface area contributed by atoms with Crippen molar-refractivity contribution < 1.29 is 4.74 Å². The van der Waals surface area contributed by atoms with Gasteiger partial charge < -0.3 is 10.1 Å². The summed E-state index contributed by atoms with van der Waals surface area (Å²) in [5.41, 5.74) is 1.30. The molecule has 1 unspecified atom stereocenters. The van der Waals surface area contributed by atoms with E-state index in [1.54, 1.807) is 11.3 Å². The van der Waals surface area contributed by atoms with Crippen molar-refractivity contribution in [1.82, 2.24) is 10.2 Å². The first kappa shape index (κ1) is 16.8. The zero-order chi connectivity index (χ0) is 16.1. The van der Waals surface area contributed by atoms with E-state index in [2.05, 4.69) is 40.5 Å². The minimum Gasteiger partial charge on any atom is -0.494 e. The lowest BCUT2D eigenvalue weighted by atomic mass is 10.0. The highest BCUT2D eigenvalue weighted by atomic mass is 35.5. The number of halogens is 1. The molecule has 0 spiro atoms. The van der Waals surface area contributed by atoms with Crippen LogP contribution >= 0.6 is 22.9 Å². The lowest BCUT2D eigenvalue weighted by molar-refractivity contribution is 0.243. The van der Waals surface area contributed by atoms with E-state index in [9.17, 15) is 0 Å². The molecule has 1 saturated heterocycles. The van der Waals surface area contributed by atoms with Gasteiger partial charge in [0.2, 0.25) is 0 Å². The molecule has 0 saturated carbocycles. The summed E-state index contributed by atoms with van der Waals surface area (Å²) in [4.78, 5) is 3.86. The van der Waals surface area contributed by atoms with Crippen LogP contribution in [-0.4, -0.2) is 37.7 Å². The molecule has 1 aromatic heterocycles. The van der Waals surface area contributed by atoms with Crippen molar-refractivity contribution in [3.63, 3.8) is 0 Å². The predicted molar refractivity (Wildman–Crippen MR) is 97.8 cm³/mol. The third-order valence-corrected chi connectivity index (χ3v) is 5.39. The molecule has 2 aromatic rings. The number of nitrogens with one attached hydrogen (secondary N) is 1. The molecule has 2 heterocycles. The molecule has 1 aromatic carbocycles. The second-order valence-corrected chi connectivity index (χ2v) is 7.43. The fraction of sp³-hybridized carbons (Fsp3) is 0.444. The lowest BCUT2D eigenvalue weighted by Crippen LogP contribution is -2.32. The third-order valence-electron chi connectivity index (χ3n) is 4.11. The molecule has 23 heavy (non-hydrogen) atoms. The maximum Gasteiger partial charge on any atom is 0.119 e. The largest absolute Gasteiger partial charge is 0.494 e. The van der Waals surface area contributed by atoms with Crippen LogP contribution < -0.4 is 10.1 Å². The lowest BCUT2D eigenvalue weighted by Gasteiger charge is -2.30. The predicted octanol–water partition coefficient (Wildman–Crippen LogP) is 4.18. The molecule has 3 nitrogen and oxygen atoms in total. The van der Waals surface area contributed by atoms with E-state index in [1.807, 2.05) is 13.0 Å². The summed E-state index contributed by atoms with van der Waals surface area (Å²) < 4.78 is 6.42. The van der Waals surface area contributed by atoms with E-state index in [4.69, 9.17) is 16.3 Å². The number of nitrogens with zero attached hydrogens (tertiary/aromatic N) is 1. The van der Waals surface area contributed by atoms with Crippen LogP contribution in [0.5, 0.6) is 5.75 Å². The highest BCUT2D eigenvalue weighted by molar-refractivity contribution is 7.16. The Morgan fingerprint density at radius 2 is 2.00 bits per heavy atom. The van der Waals surface area contributed by atoms with Gasteiger partial charge in [-0.2, -0.15) is 0 Å². The van der Waals surface area contributed by atoms with Crippen LogP contribution in [0.4, 0.5) is 0 Å². The van der Waals surface area contributed by atoms with Crippen molar-refractivity contribution in [3.05, 3.63) is 51.2 Å². The average molecular weight is 351 g/mol. The van der Waals surface area contributed by atoms with Crippen molar-refractivity contribution in [2.75, 3.05) is 32.8 Å². The van der Waals surface area contributed by atoms with Crippen LogP contribution in [0.25, 0.3) is 0 Å². The van der Waals surface area contributed by atoms with E-state index in [0.29, 0.717) is 6.61 Å². The van der Waals surface area contributed by atoms with E-state index < -0.39 is 0 Å². The van der Waals surface area contributed by atoms with Gasteiger partial charge >= 0.3 is 0 Å². The molecule has 0 bridgehead atoms. The fourth-order valence-corrected chi connectivity index (χ4v) is 4.29.